The number of thioether (sulfide) groups is 1. The lowest BCUT2D eigenvalue weighted by Crippen LogP contribution is -2.33. The number of aliphatic hydroxyl groups is 3. The van der Waals surface area contributed by atoms with Crippen LogP contribution in [0.5, 0.6) is 0 Å². The van der Waals surface area contributed by atoms with E-state index in [4.69, 9.17) is 4.74 Å². The topological polar surface area (TPSA) is 133 Å². The molecule has 1 fully saturated rings. The summed E-state index contributed by atoms with van der Waals surface area (Å²) in [5.41, 5.74) is 1.01. The number of H-pyrrole nitrogens is 1. The first-order valence-electron chi connectivity index (χ1n) is 8.35. The van der Waals surface area contributed by atoms with E-state index in [-0.39, 0.29) is 11.2 Å². The SMILES string of the molecule is O=c1[nH]cnc2c1nc(SCc1ccccc1)n2[C@H]1O[C@@H](CO)[C@H](O)[C@@H]1O. The molecule has 0 radical (unpaired) electrons. The lowest BCUT2D eigenvalue weighted by molar-refractivity contribution is -0.0548. The molecule has 0 spiro atoms. The Hall–Kier alpha value is -2.24. The Morgan fingerprint density at radius 2 is 2.00 bits per heavy atom. The van der Waals surface area contributed by atoms with Crippen molar-refractivity contribution in [3.63, 3.8) is 0 Å². The molecule has 10 heteroatoms. The molecule has 0 unspecified atom stereocenters. The van der Waals surface area contributed by atoms with E-state index < -0.39 is 36.7 Å². The number of ether oxygens (including phenoxy) is 1. The third-order valence-corrected chi connectivity index (χ3v) is 5.46. The van der Waals surface area contributed by atoms with Gasteiger partial charge in [0, 0.05) is 5.75 Å². The van der Waals surface area contributed by atoms with Crippen LogP contribution in [0.3, 0.4) is 0 Å². The van der Waals surface area contributed by atoms with E-state index in [0.717, 1.165) is 5.56 Å². The normalized spacial score (nSPS) is 25.3. The van der Waals surface area contributed by atoms with Gasteiger partial charge in [-0.25, -0.2) is 9.97 Å². The molecule has 2 aromatic heterocycles. The molecule has 142 valence electrons. The maximum atomic E-state index is 12.1. The van der Waals surface area contributed by atoms with E-state index in [9.17, 15) is 20.1 Å². The number of imidazole rings is 1. The fraction of sp³-hybridized carbons (Fsp3) is 0.353. The van der Waals surface area contributed by atoms with Crippen molar-refractivity contribution in [1.82, 2.24) is 19.5 Å². The van der Waals surface area contributed by atoms with Crippen LogP contribution in [0.2, 0.25) is 0 Å². The maximum Gasteiger partial charge on any atom is 0.278 e. The molecule has 0 aliphatic carbocycles. The average molecular weight is 390 g/mol. The summed E-state index contributed by atoms with van der Waals surface area (Å²) in [6.07, 6.45) is -3.26. The Bertz CT molecular complexity index is 992. The summed E-state index contributed by atoms with van der Waals surface area (Å²) in [5.74, 6) is 0.580. The van der Waals surface area contributed by atoms with Crippen LogP contribution in [0.4, 0.5) is 0 Å². The first kappa shape index (κ1) is 18.1. The van der Waals surface area contributed by atoms with Crippen molar-refractivity contribution < 1.29 is 20.1 Å². The van der Waals surface area contributed by atoms with Crippen LogP contribution in [0.25, 0.3) is 11.2 Å². The second-order valence-corrected chi connectivity index (χ2v) is 7.11. The van der Waals surface area contributed by atoms with Crippen LogP contribution in [0, 0.1) is 0 Å². The van der Waals surface area contributed by atoms with Crippen molar-refractivity contribution in [2.24, 2.45) is 0 Å². The molecule has 0 saturated carbocycles. The predicted molar refractivity (Wildman–Crippen MR) is 97.2 cm³/mol. The van der Waals surface area contributed by atoms with E-state index in [1.165, 1.54) is 22.7 Å². The minimum Gasteiger partial charge on any atom is -0.394 e. The van der Waals surface area contributed by atoms with Gasteiger partial charge >= 0.3 is 0 Å². The highest BCUT2D eigenvalue weighted by molar-refractivity contribution is 7.98. The molecule has 1 saturated heterocycles. The molecule has 0 bridgehead atoms. The molecular weight excluding hydrogens is 372 g/mol. The molecular formula is C17H18N4O5S. The fourth-order valence-electron chi connectivity index (χ4n) is 3.05. The summed E-state index contributed by atoms with van der Waals surface area (Å²) in [7, 11) is 0. The van der Waals surface area contributed by atoms with E-state index in [1.54, 1.807) is 0 Å². The minimum atomic E-state index is -1.29. The number of aliphatic hydroxyl groups excluding tert-OH is 3. The van der Waals surface area contributed by atoms with Crippen molar-refractivity contribution in [2.45, 2.75) is 35.4 Å². The Morgan fingerprint density at radius 1 is 1.22 bits per heavy atom. The fourth-order valence-corrected chi connectivity index (χ4v) is 4.02. The predicted octanol–water partition coefficient (Wildman–Crippen LogP) is 0.0234. The smallest absolute Gasteiger partial charge is 0.278 e. The van der Waals surface area contributed by atoms with Gasteiger partial charge in [0.05, 0.1) is 12.9 Å². The van der Waals surface area contributed by atoms with Crippen molar-refractivity contribution in [1.29, 1.82) is 0 Å². The summed E-state index contributed by atoms with van der Waals surface area (Å²) in [5, 5.41) is 30.3. The largest absolute Gasteiger partial charge is 0.394 e. The first-order valence-corrected chi connectivity index (χ1v) is 9.33. The van der Waals surface area contributed by atoms with Crippen molar-refractivity contribution in [2.75, 3.05) is 6.61 Å². The van der Waals surface area contributed by atoms with Gasteiger partial charge in [-0.05, 0) is 5.56 Å². The molecule has 27 heavy (non-hydrogen) atoms. The highest BCUT2D eigenvalue weighted by Crippen LogP contribution is 2.35. The third-order valence-electron chi connectivity index (χ3n) is 4.43. The van der Waals surface area contributed by atoms with E-state index >= 15 is 0 Å². The summed E-state index contributed by atoms with van der Waals surface area (Å²) >= 11 is 1.36. The van der Waals surface area contributed by atoms with Crippen molar-refractivity contribution in [3.05, 3.63) is 52.6 Å². The first-order chi connectivity index (χ1) is 13.1. The lowest BCUT2D eigenvalue weighted by atomic mass is 10.1. The van der Waals surface area contributed by atoms with Gasteiger partial charge in [0.2, 0.25) is 0 Å². The minimum absolute atomic E-state index is 0.116. The second-order valence-electron chi connectivity index (χ2n) is 6.17. The molecule has 9 nitrogen and oxygen atoms in total. The summed E-state index contributed by atoms with van der Waals surface area (Å²) in [6.45, 7) is -0.443. The molecule has 3 heterocycles. The zero-order chi connectivity index (χ0) is 19.0. The Balaban J connectivity index is 1.76. The molecule has 1 aliphatic rings. The van der Waals surface area contributed by atoms with Gasteiger partial charge in [-0.2, -0.15) is 0 Å². The highest BCUT2D eigenvalue weighted by atomic mass is 32.2. The van der Waals surface area contributed by atoms with Crippen LogP contribution in [0.15, 0.2) is 46.6 Å². The molecule has 1 aromatic carbocycles. The summed E-state index contributed by atoms with van der Waals surface area (Å²) in [6, 6.07) is 9.72. The van der Waals surface area contributed by atoms with E-state index in [1.807, 2.05) is 30.3 Å². The molecule has 3 aromatic rings. The number of aromatic nitrogens is 4. The zero-order valence-corrected chi connectivity index (χ0v) is 14.9. The molecule has 4 atom stereocenters. The van der Waals surface area contributed by atoms with Gasteiger partial charge in [-0.15, -0.1) is 0 Å². The van der Waals surface area contributed by atoms with Gasteiger partial charge in [0.25, 0.3) is 5.56 Å². The number of nitrogens with one attached hydrogen (secondary N) is 1. The quantitative estimate of drug-likeness (QED) is 0.448. The Labute approximate surface area is 157 Å². The number of rotatable bonds is 5. The molecule has 1 aliphatic heterocycles. The third kappa shape index (κ3) is 3.26. The standard InChI is InChI=1S/C17H18N4O5S/c22-6-10-12(23)13(24)16(26-10)21-14-11(15(25)19-8-18-14)20-17(21)27-7-9-4-2-1-3-5-9/h1-5,8,10,12-13,16,22-24H,6-7H2,(H,18,19,25)/t10-,12-,13-,16-/m0/s1. The number of aromatic amines is 1. The Morgan fingerprint density at radius 3 is 2.70 bits per heavy atom. The van der Waals surface area contributed by atoms with Gasteiger partial charge in [-0.3, -0.25) is 9.36 Å². The van der Waals surface area contributed by atoms with Crippen LogP contribution >= 0.6 is 11.8 Å². The monoisotopic (exact) mass is 390 g/mol. The van der Waals surface area contributed by atoms with E-state index in [0.29, 0.717) is 10.9 Å². The van der Waals surface area contributed by atoms with Crippen molar-refractivity contribution >= 4 is 22.9 Å². The van der Waals surface area contributed by atoms with Gasteiger partial charge in [0.15, 0.2) is 22.5 Å². The number of benzene rings is 1. The van der Waals surface area contributed by atoms with Crippen molar-refractivity contribution in [3.8, 4) is 0 Å². The number of nitrogens with zero attached hydrogens (tertiary/aromatic N) is 3. The maximum absolute atomic E-state index is 12.1. The second kappa shape index (κ2) is 7.41. The van der Waals surface area contributed by atoms with Crippen LogP contribution in [0.1, 0.15) is 11.8 Å². The summed E-state index contributed by atoms with van der Waals surface area (Å²) in [4.78, 5) is 23.1. The number of fused-ring (bicyclic) bond motifs is 1. The van der Waals surface area contributed by atoms with Gasteiger partial charge in [-0.1, -0.05) is 42.1 Å². The average Bonchev–Trinajstić information content (AvgIpc) is 3.19. The van der Waals surface area contributed by atoms with Gasteiger partial charge in [0.1, 0.15) is 18.3 Å². The highest BCUT2D eigenvalue weighted by Gasteiger charge is 2.45. The van der Waals surface area contributed by atoms with Crippen LogP contribution in [-0.4, -0.2) is 59.8 Å². The molecule has 4 N–H and O–H groups in total. The van der Waals surface area contributed by atoms with Gasteiger partial charge < -0.3 is 25.0 Å². The van der Waals surface area contributed by atoms with Crippen LogP contribution < -0.4 is 5.56 Å². The van der Waals surface area contributed by atoms with Crippen LogP contribution in [-0.2, 0) is 10.5 Å². The number of hydrogen-bond donors (Lipinski definition) is 4. The summed E-state index contributed by atoms with van der Waals surface area (Å²) < 4.78 is 7.13. The molecule has 0 amide bonds. The molecule has 4 rings (SSSR count). The zero-order valence-electron chi connectivity index (χ0n) is 14.1. The number of hydrogen-bond acceptors (Lipinski definition) is 8. The van der Waals surface area contributed by atoms with E-state index in [2.05, 4.69) is 15.0 Å². The Kier molecular flexibility index (Phi) is 4.98. The lowest BCUT2D eigenvalue weighted by Gasteiger charge is -2.19.